The van der Waals surface area contributed by atoms with E-state index in [1.54, 1.807) is 36.2 Å². The summed E-state index contributed by atoms with van der Waals surface area (Å²) in [5, 5.41) is 8.58. The molecule has 2 aromatic carbocycles. The van der Waals surface area contributed by atoms with Gasteiger partial charge >= 0.3 is 5.97 Å². The second-order valence-corrected chi connectivity index (χ2v) is 6.10. The quantitative estimate of drug-likeness (QED) is 0.627. The van der Waals surface area contributed by atoms with Crippen molar-refractivity contribution in [3.05, 3.63) is 59.7 Å². The molecule has 0 spiro atoms. The van der Waals surface area contributed by atoms with E-state index < -0.39 is 24.2 Å². The summed E-state index contributed by atoms with van der Waals surface area (Å²) in [6.07, 6.45) is 0.612. The Balaban J connectivity index is 1.72. The molecule has 0 aliphatic carbocycles. The van der Waals surface area contributed by atoms with Crippen LogP contribution < -0.4 is 9.47 Å². The number of ether oxygens (including phenoxy) is 2. The molecule has 28 heavy (non-hydrogen) atoms. The minimum Gasteiger partial charge on any atom is -0.491 e. The summed E-state index contributed by atoms with van der Waals surface area (Å²) in [5.74, 6) is -2.23. The predicted octanol–water partition coefficient (Wildman–Crippen LogP) is 3.25. The van der Waals surface area contributed by atoms with Crippen LogP contribution >= 0.6 is 0 Å². The normalized spacial score (nSPS) is 10.4. The van der Waals surface area contributed by atoms with E-state index in [2.05, 4.69) is 0 Å². The molecule has 0 unspecified atom stereocenters. The fourth-order valence-electron chi connectivity index (χ4n) is 2.39. The number of amides is 1. The average molecular weight is 393 g/mol. The lowest BCUT2D eigenvalue weighted by Gasteiger charge is -2.17. The van der Waals surface area contributed by atoms with Crippen molar-refractivity contribution in [2.24, 2.45) is 0 Å². The second-order valence-electron chi connectivity index (χ2n) is 6.10. The monoisotopic (exact) mass is 393 g/mol. The zero-order valence-electron chi connectivity index (χ0n) is 15.4. The lowest BCUT2D eigenvalue weighted by molar-refractivity contribution is -0.139. The first-order valence-corrected chi connectivity index (χ1v) is 8.60. The van der Waals surface area contributed by atoms with Gasteiger partial charge in [-0.25, -0.2) is 13.6 Å². The Morgan fingerprint density at radius 1 is 1.07 bits per heavy atom. The topological polar surface area (TPSA) is 76.1 Å². The van der Waals surface area contributed by atoms with Crippen LogP contribution in [0.5, 0.6) is 11.5 Å². The number of benzene rings is 2. The second kappa shape index (κ2) is 10.2. The zero-order chi connectivity index (χ0) is 20.5. The Kier molecular flexibility index (Phi) is 7.74. The Hall–Kier alpha value is -3.16. The standard InChI is InChI=1S/C20H21F2NO5/c1-23(12-14-4-7-16(8-5-14)28-13-20(25)26)19(24)3-2-10-27-18-9-6-15(21)11-17(18)22/h4-9,11H,2-3,10,12-13H2,1H3,(H,25,26). The molecule has 1 amide bonds. The van der Waals surface area contributed by atoms with Crippen molar-refractivity contribution in [2.75, 3.05) is 20.3 Å². The Labute approximate surface area is 161 Å². The largest absolute Gasteiger partial charge is 0.491 e. The third kappa shape index (κ3) is 6.86. The van der Waals surface area contributed by atoms with E-state index in [4.69, 9.17) is 14.6 Å². The number of halogens is 2. The number of carbonyl (C=O) groups is 2. The SMILES string of the molecule is CN(Cc1ccc(OCC(=O)O)cc1)C(=O)CCCOc1ccc(F)cc1F. The first kappa shape index (κ1) is 21.1. The van der Waals surface area contributed by atoms with Gasteiger partial charge in [0.25, 0.3) is 0 Å². The summed E-state index contributed by atoms with van der Waals surface area (Å²) in [5.41, 5.74) is 0.864. The molecule has 0 aliphatic rings. The van der Waals surface area contributed by atoms with Crippen molar-refractivity contribution < 1.29 is 33.0 Å². The van der Waals surface area contributed by atoms with Gasteiger partial charge < -0.3 is 19.5 Å². The van der Waals surface area contributed by atoms with Crippen molar-refractivity contribution in [2.45, 2.75) is 19.4 Å². The summed E-state index contributed by atoms with van der Waals surface area (Å²) in [7, 11) is 1.66. The number of nitrogens with zero attached hydrogens (tertiary/aromatic N) is 1. The molecule has 2 rings (SSSR count). The maximum atomic E-state index is 13.4. The summed E-state index contributed by atoms with van der Waals surface area (Å²) >= 11 is 0. The molecule has 0 atom stereocenters. The third-order valence-electron chi connectivity index (χ3n) is 3.82. The molecule has 0 aliphatic heterocycles. The van der Waals surface area contributed by atoms with Crippen molar-refractivity contribution in [3.63, 3.8) is 0 Å². The fraction of sp³-hybridized carbons (Fsp3) is 0.300. The van der Waals surface area contributed by atoms with Gasteiger partial charge in [0.1, 0.15) is 11.6 Å². The number of carboxylic acids is 1. The molecule has 0 aromatic heterocycles. The molecular weight excluding hydrogens is 372 g/mol. The van der Waals surface area contributed by atoms with Crippen molar-refractivity contribution in [1.82, 2.24) is 4.90 Å². The highest BCUT2D eigenvalue weighted by molar-refractivity contribution is 5.75. The molecule has 8 heteroatoms. The number of hydrogen-bond acceptors (Lipinski definition) is 4. The van der Waals surface area contributed by atoms with Crippen LogP contribution in [0.15, 0.2) is 42.5 Å². The van der Waals surface area contributed by atoms with Gasteiger partial charge in [-0.1, -0.05) is 12.1 Å². The molecule has 0 bridgehead atoms. The van der Waals surface area contributed by atoms with E-state index in [9.17, 15) is 18.4 Å². The van der Waals surface area contributed by atoms with Crippen LogP contribution in [-0.2, 0) is 16.1 Å². The summed E-state index contributed by atoms with van der Waals surface area (Å²) in [6, 6.07) is 9.84. The number of rotatable bonds is 10. The van der Waals surface area contributed by atoms with Gasteiger partial charge in [-0.05, 0) is 36.2 Å². The van der Waals surface area contributed by atoms with Crippen LogP contribution in [0.4, 0.5) is 8.78 Å². The molecule has 6 nitrogen and oxygen atoms in total. The third-order valence-corrected chi connectivity index (χ3v) is 3.82. The van der Waals surface area contributed by atoms with Crippen molar-refractivity contribution in [3.8, 4) is 11.5 Å². The molecule has 0 radical (unpaired) electrons. The van der Waals surface area contributed by atoms with Gasteiger partial charge in [-0.15, -0.1) is 0 Å². The maximum Gasteiger partial charge on any atom is 0.341 e. The molecule has 0 fully saturated rings. The van der Waals surface area contributed by atoms with E-state index in [0.717, 1.165) is 17.7 Å². The Bertz CT molecular complexity index is 811. The lowest BCUT2D eigenvalue weighted by Crippen LogP contribution is -2.26. The fourth-order valence-corrected chi connectivity index (χ4v) is 2.39. The van der Waals surface area contributed by atoms with Gasteiger partial charge in [0.05, 0.1) is 6.61 Å². The smallest absolute Gasteiger partial charge is 0.341 e. The summed E-state index contributed by atoms with van der Waals surface area (Å²) in [6.45, 7) is 0.102. The highest BCUT2D eigenvalue weighted by Crippen LogP contribution is 2.18. The van der Waals surface area contributed by atoms with E-state index >= 15 is 0 Å². The summed E-state index contributed by atoms with van der Waals surface area (Å²) < 4.78 is 36.5. The van der Waals surface area contributed by atoms with E-state index in [-0.39, 0.29) is 24.7 Å². The number of hydrogen-bond donors (Lipinski definition) is 1. The van der Waals surface area contributed by atoms with Crippen LogP contribution in [0.2, 0.25) is 0 Å². The van der Waals surface area contributed by atoms with Crippen LogP contribution in [0, 0.1) is 11.6 Å². The van der Waals surface area contributed by atoms with Gasteiger partial charge in [0.15, 0.2) is 18.2 Å². The summed E-state index contributed by atoms with van der Waals surface area (Å²) in [4.78, 5) is 24.2. The molecule has 1 N–H and O–H groups in total. The maximum absolute atomic E-state index is 13.4. The first-order chi connectivity index (χ1) is 13.3. The Morgan fingerprint density at radius 3 is 2.43 bits per heavy atom. The molecule has 150 valence electrons. The van der Waals surface area contributed by atoms with Crippen LogP contribution in [0.25, 0.3) is 0 Å². The van der Waals surface area contributed by atoms with Gasteiger partial charge in [-0.2, -0.15) is 0 Å². The van der Waals surface area contributed by atoms with E-state index in [1.165, 1.54) is 6.07 Å². The number of carboxylic acid groups (broad SMARTS) is 1. The van der Waals surface area contributed by atoms with Crippen LogP contribution in [-0.4, -0.2) is 42.1 Å². The highest BCUT2D eigenvalue weighted by atomic mass is 19.1. The minimum atomic E-state index is -1.06. The minimum absolute atomic E-state index is 0.0487. The van der Waals surface area contributed by atoms with Gasteiger partial charge in [-0.3, -0.25) is 4.79 Å². The van der Waals surface area contributed by atoms with Crippen LogP contribution in [0.3, 0.4) is 0 Å². The van der Waals surface area contributed by atoms with Crippen molar-refractivity contribution >= 4 is 11.9 Å². The lowest BCUT2D eigenvalue weighted by atomic mass is 10.2. The predicted molar refractivity (Wildman–Crippen MR) is 97.1 cm³/mol. The molecule has 0 heterocycles. The molecule has 2 aromatic rings. The zero-order valence-corrected chi connectivity index (χ0v) is 15.4. The molecular formula is C20H21F2NO5. The molecule has 0 saturated heterocycles. The number of carbonyl (C=O) groups excluding carboxylic acids is 1. The average Bonchev–Trinajstić information content (AvgIpc) is 2.65. The van der Waals surface area contributed by atoms with E-state index in [0.29, 0.717) is 18.7 Å². The highest BCUT2D eigenvalue weighted by Gasteiger charge is 2.10. The van der Waals surface area contributed by atoms with Crippen molar-refractivity contribution in [1.29, 1.82) is 0 Å². The van der Waals surface area contributed by atoms with Gasteiger partial charge in [0, 0.05) is 26.1 Å². The van der Waals surface area contributed by atoms with E-state index in [1.807, 2.05) is 0 Å². The number of aliphatic carboxylic acids is 1. The molecule has 0 saturated carbocycles. The Morgan fingerprint density at radius 2 is 1.79 bits per heavy atom. The van der Waals surface area contributed by atoms with Gasteiger partial charge in [0.2, 0.25) is 5.91 Å². The van der Waals surface area contributed by atoms with Crippen LogP contribution in [0.1, 0.15) is 18.4 Å². The first-order valence-electron chi connectivity index (χ1n) is 8.60.